The molecule has 2 rings (SSSR count). The van der Waals surface area contributed by atoms with Crippen LogP contribution in [0.5, 0.6) is 0 Å². The second-order valence-electron chi connectivity index (χ2n) is 4.87. The van der Waals surface area contributed by atoms with Crippen LogP contribution in [0.25, 0.3) is 6.08 Å². The van der Waals surface area contributed by atoms with Crippen molar-refractivity contribution in [3.8, 4) is 0 Å². The van der Waals surface area contributed by atoms with Crippen molar-refractivity contribution >= 4 is 12.0 Å². The van der Waals surface area contributed by atoms with Gasteiger partial charge in [-0.1, -0.05) is 12.7 Å². The fraction of sp³-hybridized carbons (Fsp3) is 0.400. The first-order valence-electron chi connectivity index (χ1n) is 6.47. The molecule has 19 heavy (non-hydrogen) atoms. The van der Waals surface area contributed by atoms with E-state index in [-0.39, 0.29) is 11.6 Å². The molecule has 102 valence electrons. The minimum absolute atomic E-state index is 0.0208. The second kappa shape index (κ2) is 5.51. The Bertz CT molecular complexity index is 513. The average Bonchev–Trinajstić information content (AvgIpc) is 2.39. The van der Waals surface area contributed by atoms with Gasteiger partial charge in [-0.05, 0) is 38.3 Å². The highest BCUT2D eigenvalue weighted by Crippen LogP contribution is 2.24. The maximum atomic E-state index is 14.1. The number of likely N-dealkylation sites (tertiary alicyclic amines) is 1. The number of amides is 1. The number of halogens is 2. The van der Waals surface area contributed by atoms with Gasteiger partial charge in [0, 0.05) is 18.2 Å². The lowest BCUT2D eigenvalue weighted by Crippen LogP contribution is -2.42. The van der Waals surface area contributed by atoms with Gasteiger partial charge in [-0.25, -0.2) is 8.78 Å². The Morgan fingerprint density at radius 1 is 1.42 bits per heavy atom. The van der Waals surface area contributed by atoms with E-state index in [1.165, 1.54) is 12.1 Å². The topological polar surface area (TPSA) is 20.3 Å². The first-order chi connectivity index (χ1) is 9.06. The van der Waals surface area contributed by atoms with Crippen LogP contribution in [0.15, 0.2) is 18.7 Å². The van der Waals surface area contributed by atoms with Crippen LogP contribution in [0.3, 0.4) is 0 Å². The molecule has 0 radical (unpaired) electrons. The normalized spacial score (nSPS) is 19.3. The van der Waals surface area contributed by atoms with Gasteiger partial charge in [0.05, 0.1) is 0 Å². The molecular weight excluding hydrogens is 248 g/mol. The zero-order valence-electron chi connectivity index (χ0n) is 11.0. The third-order valence-electron chi connectivity index (χ3n) is 3.62. The summed E-state index contributed by atoms with van der Waals surface area (Å²) in [6.07, 6.45) is 4.07. The summed E-state index contributed by atoms with van der Waals surface area (Å²) >= 11 is 0. The number of carbonyl (C=O) groups is 1. The molecule has 0 bridgehead atoms. The lowest BCUT2D eigenvalue weighted by atomic mass is 10.0. The fourth-order valence-electron chi connectivity index (χ4n) is 2.47. The Kier molecular flexibility index (Phi) is 3.98. The molecule has 1 atom stereocenters. The molecular formula is C15H17F2NO. The van der Waals surface area contributed by atoms with Crippen molar-refractivity contribution in [3.63, 3.8) is 0 Å². The van der Waals surface area contributed by atoms with Crippen LogP contribution in [0, 0.1) is 11.6 Å². The molecule has 0 N–H and O–H groups in total. The van der Waals surface area contributed by atoms with E-state index in [0.29, 0.717) is 6.54 Å². The molecule has 1 aliphatic rings. The minimum atomic E-state index is -0.822. The Balaban J connectivity index is 2.40. The highest BCUT2D eigenvalue weighted by atomic mass is 19.1. The summed E-state index contributed by atoms with van der Waals surface area (Å²) in [4.78, 5) is 13.9. The van der Waals surface area contributed by atoms with E-state index in [9.17, 15) is 13.6 Å². The molecule has 1 aromatic carbocycles. The molecule has 1 saturated heterocycles. The molecule has 1 amide bonds. The monoisotopic (exact) mass is 265 g/mol. The van der Waals surface area contributed by atoms with Crippen molar-refractivity contribution in [1.82, 2.24) is 4.90 Å². The quantitative estimate of drug-likeness (QED) is 0.799. The predicted molar refractivity (Wildman–Crippen MR) is 70.8 cm³/mol. The van der Waals surface area contributed by atoms with Crippen LogP contribution >= 0.6 is 0 Å². The summed E-state index contributed by atoms with van der Waals surface area (Å²) in [6.45, 7) is 5.92. The summed E-state index contributed by atoms with van der Waals surface area (Å²) in [7, 11) is 0. The van der Waals surface area contributed by atoms with Crippen molar-refractivity contribution in [2.75, 3.05) is 6.54 Å². The maximum absolute atomic E-state index is 14.1. The number of nitrogens with zero attached hydrogens (tertiary/aromatic N) is 1. The van der Waals surface area contributed by atoms with Gasteiger partial charge in [-0.3, -0.25) is 4.79 Å². The smallest absolute Gasteiger partial charge is 0.260 e. The number of rotatable bonds is 2. The molecule has 4 heteroatoms. The molecule has 1 aromatic rings. The van der Waals surface area contributed by atoms with Gasteiger partial charge < -0.3 is 4.90 Å². The SMILES string of the molecule is C=Cc1ccc(F)c(C(=O)N2CCCCC2C)c1F. The average molecular weight is 265 g/mol. The molecule has 0 saturated carbocycles. The zero-order chi connectivity index (χ0) is 14.0. The maximum Gasteiger partial charge on any atom is 0.260 e. The van der Waals surface area contributed by atoms with E-state index in [2.05, 4.69) is 6.58 Å². The zero-order valence-corrected chi connectivity index (χ0v) is 11.0. The van der Waals surface area contributed by atoms with E-state index in [4.69, 9.17) is 0 Å². The summed E-state index contributed by atoms with van der Waals surface area (Å²) in [6, 6.07) is 2.42. The lowest BCUT2D eigenvalue weighted by molar-refractivity contribution is 0.0625. The van der Waals surface area contributed by atoms with Crippen molar-refractivity contribution in [2.24, 2.45) is 0 Å². The predicted octanol–water partition coefficient (Wildman–Crippen LogP) is 3.62. The van der Waals surface area contributed by atoms with E-state index in [1.807, 2.05) is 6.92 Å². The number of carbonyl (C=O) groups excluding carboxylic acids is 1. The summed E-state index contributed by atoms with van der Waals surface area (Å²) in [5, 5.41) is 0. The lowest BCUT2D eigenvalue weighted by Gasteiger charge is -2.33. The summed E-state index contributed by atoms with van der Waals surface area (Å²) in [5.41, 5.74) is -0.319. The van der Waals surface area contributed by atoms with Crippen LogP contribution in [-0.2, 0) is 0 Å². The van der Waals surface area contributed by atoms with Crippen molar-refractivity contribution < 1.29 is 13.6 Å². The molecule has 2 nitrogen and oxygen atoms in total. The van der Waals surface area contributed by atoms with Gasteiger partial charge in [0.1, 0.15) is 17.2 Å². The molecule has 0 spiro atoms. The first kappa shape index (κ1) is 13.7. The highest BCUT2D eigenvalue weighted by Gasteiger charge is 2.29. The largest absolute Gasteiger partial charge is 0.336 e. The molecule has 1 unspecified atom stereocenters. The summed E-state index contributed by atoms with van der Waals surface area (Å²) in [5.74, 6) is -2.20. The molecule has 0 aliphatic carbocycles. The number of hydrogen-bond donors (Lipinski definition) is 0. The third kappa shape index (κ3) is 2.53. The highest BCUT2D eigenvalue weighted by molar-refractivity contribution is 5.95. The number of benzene rings is 1. The van der Waals surface area contributed by atoms with Gasteiger partial charge in [0.25, 0.3) is 5.91 Å². The minimum Gasteiger partial charge on any atom is -0.336 e. The van der Waals surface area contributed by atoms with E-state index >= 15 is 0 Å². The molecule has 1 heterocycles. The van der Waals surface area contributed by atoms with Crippen LogP contribution in [-0.4, -0.2) is 23.4 Å². The molecule has 1 fully saturated rings. The van der Waals surface area contributed by atoms with Crippen molar-refractivity contribution in [3.05, 3.63) is 41.5 Å². The Morgan fingerprint density at radius 2 is 2.16 bits per heavy atom. The van der Waals surface area contributed by atoms with E-state index in [0.717, 1.165) is 25.3 Å². The van der Waals surface area contributed by atoms with Crippen molar-refractivity contribution in [1.29, 1.82) is 0 Å². The van der Waals surface area contributed by atoms with Gasteiger partial charge in [0.2, 0.25) is 0 Å². The standard InChI is InChI=1S/C15H17F2NO/c1-3-11-7-8-12(16)13(14(11)17)15(19)18-9-5-4-6-10(18)2/h3,7-8,10H,1,4-6,9H2,2H3. The van der Waals surface area contributed by atoms with Gasteiger partial charge in [-0.15, -0.1) is 0 Å². The third-order valence-corrected chi connectivity index (χ3v) is 3.62. The fourth-order valence-corrected chi connectivity index (χ4v) is 2.47. The van der Waals surface area contributed by atoms with Gasteiger partial charge in [-0.2, -0.15) is 0 Å². The molecule has 0 aromatic heterocycles. The number of hydrogen-bond acceptors (Lipinski definition) is 1. The Labute approximate surface area is 111 Å². The van der Waals surface area contributed by atoms with Crippen LogP contribution in [0.2, 0.25) is 0 Å². The van der Waals surface area contributed by atoms with E-state index < -0.39 is 23.1 Å². The van der Waals surface area contributed by atoms with Crippen LogP contribution < -0.4 is 0 Å². The van der Waals surface area contributed by atoms with Gasteiger partial charge >= 0.3 is 0 Å². The number of piperidine rings is 1. The second-order valence-corrected chi connectivity index (χ2v) is 4.87. The van der Waals surface area contributed by atoms with Gasteiger partial charge in [0.15, 0.2) is 0 Å². The van der Waals surface area contributed by atoms with E-state index in [1.54, 1.807) is 4.90 Å². The van der Waals surface area contributed by atoms with Crippen LogP contribution in [0.1, 0.15) is 42.1 Å². The molecule has 1 aliphatic heterocycles. The van der Waals surface area contributed by atoms with Crippen molar-refractivity contribution in [2.45, 2.75) is 32.2 Å². The summed E-state index contributed by atoms with van der Waals surface area (Å²) < 4.78 is 27.9. The Morgan fingerprint density at radius 3 is 2.79 bits per heavy atom. The first-order valence-corrected chi connectivity index (χ1v) is 6.47. The van der Waals surface area contributed by atoms with Crippen LogP contribution in [0.4, 0.5) is 8.78 Å². The Hall–Kier alpha value is -1.71.